The van der Waals surface area contributed by atoms with Crippen LogP contribution in [0.1, 0.15) is 40.9 Å². The van der Waals surface area contributed by atoms with Gasteiger partial charge in [0.2, 0.25) is 5.91 Å². The van der Waals surface area contributed by atoms with E-state index in [0.717, 1.165) is 12.8 Å². The topological polar surface area (TPSA) is 134 Å². The number of rotatable bonds is 5. The lowest BCUT2D eigenvalue weighted by Gasteiger charge is -2.25. The van der Waals surface area contributed by atoms with Crippen LogP contribution in [0.2, 0.25) is 0 Å². The van der Waals surface area contributed by atoms with Gasteiger partial charge >= 0.3 is 0 Å². The Hall–Kier alpha value is -4.43. The van der Waals surface area contributed by atoms with E-state index in [1.807, 2.05) is 6.92 Å². The van der Waals surface area contributed by atoms with Crippen LogP contribution in [0, 0.1) is 18.3 Å². The van der Waals surface area contributed by atoms with Crippen LogP contribution in [0.5, 0.6) is 5.75 Å². The molecule has 11 heteroatoms. The van der Waals surface area contributed by atoms with Crippen molar-refractivity contribution in [3.8, 4) is 22.9 Å². The molecule has 1 saturated heterocycles. The number of hydrogen-bond acceptors (Lipinski definition) is 9. The van der Waals surface area contributed by atoms with Crippen LogP contribution in [0.25, 0.3) is 21.6 Å². The van der Waals surface area contributed by atoms with E-state index in [9.17, 15) is 14.9 Å². The number of nitriles is 1. The monoisotopic (exact) mass is 499 g/mol. The maximum atomic E-state index is 13.3. The third kappa shape index (κ3) is 4.46. The Labute approximate surface area is 210 Å². The highest BCUT2D eigenvalue weighted by atomic mass is 32.1. The standard InChI is InChI=1S/C25H21N7O3S/c1-14-9-16(17-10-15(11-26)6-7-19(17)35-2)18(12-27-14)23(34)31-25-30-22-24(36-25)29-20(13-28-22)32-8-4-3-5-21(32)33/h6-7,9-10,12-13H,3-5,8H2,1-2H3,(H,28,30,31,34). The van der Waals surface area contributed by atoms with Gasteiger partial charge in [-0.05, 0) is 44.0 Å². The second-order valence-corrected chi connectivity index (χ2v) is 9.21. The number of carbonyl (C=O) groups is 2. The normalized spacial score (nSPS) is 13.5. The number of nitrogens with zero attached hydrogens (tertiary/aromatic N) is 6. The molecule has 0 spiro atoms. The van der Waals surface area contributed by atoms with E-state index in [4.69, 9.17) is 4.74 Å². The second-order valence-electron chi connectivity index (χ2n) is 8.23. The number of carbonyl (C=O) groups excluding carboxylic acids is 2. The molecule has 36 heavy (non-hydrogen) atoms. The highest BCUT2D eigenvalue weighted by Gasteiger charge is 2.23. The lowest BCUT2D eigenvalue weighted by Crippen LogP contribution is -2.35. The first-order valence-electron chi connectivity index (χ1n) is 11.3. The summed E-state index contributed by atoms with van der Waals surface area (Å²) in [4.78, 5) is 45.3. The summed E-state index contributed by atoms with van der Waals surface area (Å²) in [6.07, 6.45) is 5.32. The van der Waals surface area contributed by atoms with Gasteiger partial charge in [-0.25, -0.2) is 9.97 Å². The Morgan fingerprint density at radius 1 is 1.17 bits per heavy atom. The fraction of sp³-hybridized carbons (Fsp3) is 0.240. The number of aryl methyl sites for hydroxylation is 1. The van der Waals surface area contributed by atoms with Crippen molar-refractivity contribution in [1.29, 1.82) is 5.26 Å². The minimum absolute atomic E-state index is 0.0308. The number of benzene rings is 1. The molecule has 1 N–H and O–H groups in total. The molecule has 180 valence electrons. The minimum atomic E-state index is -0.424. The number of anilines is 2. The summed E-state index contributed by atoms with van der Waals surface area (Å²) < 4.78 is 5.48. The van der Waals surface area contributed by atoms with Gasteiger partial charge in [-0.15, -0.1) is 0 Å². The molecule has 1 aliphatic rings. The largest absolute Gasteiger partial charge is 0.496 e. The fourth-order valence-corrected chi connectivity index (χ4v) is 4.85. The van der Waals surface area contributed by atoms with E-state index in [-0.39, 0.29) is 5.91 Å². The number of thiazole rings is 1. The van der Waals surface area contributed by atoms with Crippen LogP contribution in [-0.2, 0) is 4.79 Å². The van der Waals surface area contributed by atoms with E-state index in [0.29, 0.717) is 68.1 Å². The Morgan fingerprint density at radius 2 is 2.03 bits per heavy atom. The van der Waals surface area contributed by atoms with Crippen LogP contribution in [0.4, 0.5) is 10.9 Å². The van der Waals surface area contributed by atoms with Crippen LogP contribution in [-0.4, -0.2) is 45.4 Å². The van der Waals surface area contributed by atoms with Gasteiger partial charge < -0.3 is 4.74 Å². The average Bonchev–Trinajstić information content (AvgIpc) is 3.29. The molecule has 0 unspecified atom stereocenters. The quantitative estimate of drug-likeness (QED) is 0.434. The molecule has 10 nitrogen and oxygen atoms in total. The minimum Gasteiger partial charge on any atom is -0.496 e. The first kappa shape index (κ1) is 23.3. The highest BCUT2D eigenvalue weighted by molar-refractivity contribution is 7.21. The number of methoxy groups -OCH3 is 1. The van der Waals surface area contributed by atoms with E-state index in [1.165, 1.54) is 30.8 Å². The second kappa shape index (κ2) is 9.67. The van der Waals surface area contributed by atoms with Gasteiger partial charge in [-0.1, -0.05) is 11.3 Å². The molecule has 5 rings (SSSR count). The summed E-state index contributed by atoms with van der Waals surface area (Å²) in [5.74, 6) is 0.626. The number of amides is 2. The van der Waals surface area contributed by atoms with Crippen molar-refractivity contribution in [3.05, 3.63) is 53.5 Å². The summed E-state index contributed by atoms with van der Waals surface area (Å²) >= 11 is 1.18. The summed E-state index contributed by atoms with van der Waals surface area (Å²) in [6, 6.07) is 8.92. The van der Waals surface area contributed by atoms with Crippen LogP contribution in [0.15, 0.2) is 36.7 Å². The Morgan fingerprint density at radius 3 is 2.81 bits per heavy atom. The summed E-state index contributed by atoms with van der Waals surface area (Å²) in [7, 11) is 1.53. The molecule has 4 heterocycles. The van der Waals surface area contributed by atoms with Crippen molar-refractivity contribution in [2.45, 2.75) is 26.2 Å². The van der Waals surface area contributed by atoms with Crippen molar-refractivity contribution in [2.24, 2.45) is 0 Å². The number of aromatic nitrogens is 4. The van der Waals surface area contributed by atoms with E-state index in [1.54, 1.807) is 29.2 Å². The molecule has 0 atom stereocenters. The average molecular weight is 500 g/mol. The molecule has 4 aromatic rings. The van der Waals surface area contributed by atoms with Gasteiger partial charge in [0.25, 0.3) is 5.91 Å². The van der Waals surface area contributed by atoms with Gasteiger partial charge in [0.15, 0.2) is 21.4 Å². The van der Waals surface area contributed by atoms with Crippen LogP contribution < -0.4 is 15.0 Å². The maximum absolute atomic E-state index is 13.3. The molecule has 0 aliphatic carbocycles. The molecule has 0 radical (unpaired) electrons. The third-order valence-corrected chi connectivity index (χ3v) is 6.69. The number of ether oxygens (including phenoxy) is 1. The van der Waals surface area contributed by atoms with E-state index < -0.39 is 5.91 Å². The van der Waals surface area contributed by atoms with Crippen LogP contribution >= 0.6 is 11.3 Å². The van der Waals surface area contributed by atoms with Crippen LogP contribution in [0.3, 0.4) is 0 Å². The number of nitrogens with one attached hydrogen (secondary N) is 1. The van der Waals surface area contributed by atoms with Crippen molar-refractivity contribution in [3.63, 3.8) is 0 Å². The number of hydrogen-bond donors (Lipinski definition) is 1. The molecule has 1 aromatic carbocycles. The first-order chi connectivity index (χ1) is 17.5. The zero-order chi connectivity index (χ0) is 25.2. The Bertz CT molecular complexity index is 1540. The number of pyridine rings is 1. The van der Waals surface area contributed by atoms with Crippen molar-refractivity contribution in [2.75, 3.05) is 23.9 Å². The van der Waals surface area contributed by atoms with Gasteiger partial charge in [-0.3, -0.25) is 24.8 Å². The number of fused-ring (bicyclic) bond motifs is 1. The Kier molecular flexibility index (Phi) is 6.26. The zero-order valence-corrected chi connectivity index (χ0v) is 20.4. The van der Waals surface area contributed by atoms with Gasteiger partial charge in [0, 0.05) is 36.0 Å². The lowest BCUT2D eigenvalue weighted by molar-refractivity contribution is -0.119. The summed E-state index contributed by atoms with van der Waals surface area (Å²) in [5.41, 5.74) is 3.02. The maximum Gasteiger partial charge on any atom is 0.259 e. The first-order valence-corrected chi connectivity index (χ1v) is 12.1. The lowest BCUT2D eigenvalue weighted by atomic mass is 9.97. The molecule has 3 aromatic heterocycles. The predicted octanol–water partition coefficient (Wildman–Crippen LogP) is 4.11. The molecule has 1 aliphatic heterocycles. The number of piperidine rings is 1. The zero-order valence-electron chi connectivity index (χ0n) is 19.6. The fourth-order valence-electron chi connectivity index (χ4n) is 4.06. The molecule has 1 fully saturated rings. The smallest absolute Gasteiger partial charge is 0.259 e. The molecular weight excluding hydrogens is 478 g/mol. The van der Waals surface area contributed by atoms with Crippen molar-refractivity contribution < 1.29 is 14.3 Å². The predicted molar refractivity (Wildman–Crippen MR) is 135 cm³/mol. The van der Waals surface area contributed by atoms with Crippen molar-refractivity contribution >= 4 is 44.6 Å². The van der Waals surface area contributed by atoms with E-state index in [2.05, 4.69) is 31.3 Å². The SMILES string of the molecule is COc1ccc(C#N)cc1-c1cc(C)ncc1C(=O)Nc1nc2ncc(N3CCCCC3=O)nc2s1. The summed E-state index contributed by atoms with van der Waals surface area (Å²) in [6.45, 7) is 2.43. The third-order valence-electron chi connectivity index (χ3n) is 5.83. The summed E-state index contributed by atoms with van der Waals surface area (Å²) in [5, 5.41) is 12.5. The molecule has 0 saturated carbocycles. The molecular formula is C25H21N7O3S. The van der Waals surface area contributed by atoms with Gasteiger partial charge in [-0.2, -0.15) is 10.2 Å². The highest BCUT2D eigenvalue weighted by Crippen LogP contribution is 2.34. The van der Waals surface area contributed by atoms with Gasteiger partial charge in [0.05, 0.1) is 30.5 Å². The van der Waals surface area contributed by atoms with Crippen molar-refractivity contribution in [1.82, 2.24) is 19.9 Å². The molecule has 2 amide bonds. The van der Waals surface area contributed by atoms with E-state index >= 15 is 0 Å². The molecule has 0 bridgehead atoms. The van der Waals surface area contributed by atoms with Gasteiger partial charge in [0.1, 0.15) is 5.75 Å². The Balaban J connectivity index is 1.47.